The van der Waals surface area contributed by atoms with Crippen molar-refractivity contribution < 1.29 is 14.0 Å². The number of carbonyl (C=O) groups excluding carboxylic acids is 2. The van der Waals surface area contributed by atoms with Crippen molar-refractivity contribution >= 4 is 40.4 Å². The van der Waals surface area contributed by atoms with Crippen molar-refractivity contribution in [3.8, 4) is 10.6 Å². The zero-order valence-corrected chi connectivity index (χ0v) is 16.6. The molecule has 0 saturated heterocycles. The average Bonchev–Trinajstić information content (AvgIpc) is 3.12. The molecule has 0 saturated carbocycles. The van der Waals surface area contributed by atoms with Crippen LogP contribution in [0.2, 0.25) is 5.02 Å². The van der Waals surface area contributed by atoms with E-state index in [0.29, 0.717) is 16.4 Å². The third kappa shape index (κ3) is 5.15. The highest BCUT2D eigenvalue weighted by Crippen LogP contribution is 2.30. The van der Waals surface area contributed by atoms with Crippen LogP contribution in [0, 0.1) is 5.82 Å². The first kappa shape index (κ1) is 20.0. The highest BCUT2D eigenvalue weighted by atomic mass is 35.5. The molecule has 5 nitrogen and oxygen atoms in total. The van der Waals surface area contributed by atoms with Gasteiger partial charge in [-0.05, 0) is 30.3 Å². The monoisotopic (exact) mass is 417 g/mol. The van der Waals surface area contributed by atoms with Crippen LogP contribution in [-0.2, 0) is 16.0 Å². The van der Waals surface area contributed by atoms with E-state index in [2.05, 4.69) is 10.3 Å². The largest absolute Gasteiger partial charge is 0.336 e. The molecule has 0 radical (unpaired) electrons. The fourth-order valence-electron chi connectivity index (χ4n) is 2.47. The van der Waals surface area contributed by atoms with Crippen molar-refractivity contribution in [1.82, 2.24) is 9.88 Å². The molecule has 2 amide bonds. The fourth-order valence-corrected chi connectivity index (χ4v) is 3.61. The molecule has 2 aromatic carbocycles. The highest BCUT2D eigenvalue weighted by molar-refractivity contribution is 7.13. The van der Waals surface area contributed by atoms with Gasteiger partial charge in [-0.1, -0.05) is 29.8 Å². The highest BCUT2D eigenvalue weighted by Gasteiger charge is 2.16. The van der Waals surface area contributed by atoms with Crippen molar-refractivity contribution in [2.24, 2.45) is 0 Å². The maximum absolute atomic E-state index is 12.9. The third-order valence-corrected chi connectivity index (χ3v) is 5.18. The third-order valence-electron chi connectivity index (χ3n) is 3.92. The number of hydrogen-bond acceptors (Lipinski definition) is 4. The first-order valence-corrected chi connectivity index (χ1v) is 9.67. The minimum absolute atomic E-state index is 0.0846. The van der Waals surface area contributed by atoms with Crippen LogP contribution in [-0.4, -0.2) is 35.3 Å². The van der Waals surface area contributed by atoms with Gasteiger partial charge in [-0.2, -0.15) is 0 Å². The normalized spacial score (nSPS) is 10.5. The number of likely N-dealkylation sites (N-methyl/N-ethyl adjacent to an activating group) is 1. The Morgan fingerprint density at radius 1 is 1.18 bits per heavy atom. The first-order chi connectivity index (χ1) is 13.4. The Balaban J connectivity index is 1.56. The summed E-state index contributed by atoms with van der Waals surface area (Å²) in [5.74, 6) is -0.979. The number of halogens is 2. The van der Waals surface area contributed by atoms with Crippen molar-refractivity contribution in [3.05, 3.63) is 70.4 Å². The van der Waals surface area contributed by atoms with Gasteiger partial charge in [-0.25, -0.2) is 9.37 Å². The van der Waals surface area contributed by atoms with Crippen LogP contribution in [0.3, 0.4) is 0 Å². The SMILES string of the molecule is CN(CC(=O)Nc1ccc(F)cc1)C(=O)Cc1csc(-c2ccccc2Cl)n1. The van der Waals surface area contributed by atoms with Crippen LogP contribution in [0.1, 0.15) is 5.69 Å². The molecule has 1 aromatic heterocycles. The molecule has 3 aromatic rings. The smallest absolute Gasteiger partial charge is 0.243 e. The molecule has 0 bridgehead atoms. The fraction of sp³-hybridized carbons (Fsp3) is 0.150. The van der Waals surface area contributed by atoms with Crippen LogP contribution in [0.5, 0.6) is 0 Å². The van der Waals surface area contributed by atoms with Crippen molar-refractivity contribution in [2.45, 2.75) is 6.42 Å². The number of carbonyl (C=O) groups is 2. The van der Waals surface area contributed by atoms with E-state index in [1.165, 1.54) is 40.5 Å². The minimum Gasteiger partial charge on any atom is -0.336 e. The number of rotatable bonds is 6. The Kier molecular flexibility index (Phi) is 6.38. The van der Waals surface area contributed by atoms with E-state index in [1.807, 2.05) is 23.6 Å². The van der Waals surface area contributed by atoms with Crippen molar-refractivity contribution in [1.29, 1.82) is 0 Å². The zero-order valence-electron chi connectivity index (χ0n) is 15.0. The number of aromatic nitrogens is 1. The Bertz CT molecular complexity index is 991. The summed E-state index contributed by atoms with van der Waals surface area (Å²) in [4.78, 5) is 30.3. The second-order valence-corrected chi connectivity index (χ2v) is 7.37. The van der Waals surface area contributed by atoms with Gasteiger partial charge >= 0.3 is 0 Å². The maximum Gasteiger partial charge on any atom is 0.243 e. The number of amides is 2. The first-order valence-electron chi connectivity index (χ1n) is 8.41. The van der Waals surface area contributed by atoms with E-state index in [4.69, 9.17) is 11.6 Å². The Hall–Kier alpha value is -2.77. The summed E-state index contributed by atoms with van der Waals surface area (Å²) in [5, 5.41) is 5.77. The molecule has 144 valence electrons. The molecule has 0 aliphatic carbocycles. The molecule has 0 unspecified atom stereocenters. The van der Waals surface area contributed by atoms with E-state index in [0.717, 1.165) is 10.6 Å². The van der Waals surface area contributed by atoms with E-state index in [9.17, 15) is 14.0 Å². The van der Waals surface area contributed by atoms with Crippen LogP contribution in [0.25, 0.3) is 10.6 Å². The number of anilines is 1. The summed E-state index contributed by atoms with van der Waals surface area (Å²) in [6, 6.07) is 12.8. The summed E-state index contributed by atoms with van der Waals surface area (Å²) >= 11 is 7.59. The summed E-state index contributed by atoms with van der Waals surface area (Å²) in [6.45, 7) is -0.113. The van der Waals surface area contributed by atoms with Gasteiger partial charge in [0, 0.05) is 23.7 Å². The number of nitrogens with one attached hydrogen (secondary N) is 1. The topological polar surface area (TPSA) is 62.3 Å². The predicted molar refractivity (Wildman–Crippen MR) is 109 cm³/mol. The molecule has 28 heavy (non-hydrogen) atoms. The van der Waals surface area contributed by atoms with Gasteiger partial charge in [0.05, 0.1) is 23.7 Å². The lowest BCUT2D eigenvalue weighted by molar-refractivity contribution is -0.132. The molecule has 8 heteroatoms. The zero-order chi connectivity index (χ0) is 20.1. The molecule has 0 atom stereocenters. The number of nitrogens with zero attached hydrogens (tertiary/aromatic N) is 2. The molecule has 0 aliphatic rings. The average molecular weight is 418 g/mol. The lowest BCUT2D eigenvalue weighted by Crippen LogP contribution is -2.35. The lowest BCUT2D eigenvalue weighted by Gasteiger charge is -2.16. The lowest BCUT2D eigenvalue weighted by atomic mass is 10.2. The summed E-state index contributed by atoms with van der Waals surface area (Å²) in [7, 11) is 1.55. The molecule has 0 fully saturated rings. The van der Waals surface area contributed by atoms with E-state index in [1.54, 1.807) is 13.1 Å². The van der Waals surface area contributed by atoms with E-state index < -0.39 is 0 Å². The number of benzene rings is 2. The molecular formula is C20H17ClFN3O2S. The van der Waals surface area contributed by atoms with Gasteiger partial charge in [-0.3, -0.25) is 9.59 Å². The summed E-state index contributed by atoms with van der Waals surface area (Å²) < 4.78 is 12.9. The van der Waals surface area contributed by atoms with Crippen LogP contribution in [0.15, 0.2) is 53.9 Å². The van der Waals surface area contributed by atoms with Gasteiger partial charge in [0.2, 0.25) is 11.8 Å². The number of thiazole rings is 1. The van der Waals surface area contributed by atoms with Crippen molar-refractivity contribution in [2.75, 3.05) is 18.9 Å². The van der Waals surface area contributed by atoms with Crippen LogP contribution in [0.4, 0.5) is 10.1 Å². The molecule has 0 aliphatic heterocycles. The second kappa shape index (κ2) is 8.95. The predicted octanol–water partition coefficient (Wildman–Crippen LogP) is 4.24. The Morgan fingerprint density at radius 2 is 1.89 bits per heavy atom. The summed E-state index contributed by atoms with van der Waals surface area (Å²) in [5.41, 5.74) is 1.91. The number of hydrogen-bond donors (Lipinski definition) is 1. The van der Waals surface area contributed by atoms with Gasteiger partial charge in [-0.15, -0.1) is 11.3 Å². The molecule has 0 spiro atoms. The second-order valence-electron chi connectivity index (χ2n) is 6.11. The van der Waals surface area contributed by atoms with Gasteiger partial charge in [0.25, 0.3) is 0 Å². The summed E-state index contributed by atoms with van der Waals surface area (Å²) in [6.07, 6.45) is 0.0846. The standard InChI is InChI=1S/C20H17ClFN3O2S/c1-25(11-18(26)23-14-8-6-13(22)7-9-14)19(27)10-15-12-28-20(24-15)16-4-2-3-5-17(16)21/h2-9,12H,10-11H2,1H3,(H,23,26). The van der Waals surface area contributed by atoms with Crippen molar-refractivity contribution in [3.63, 3.8) is 0 Å². The quantitative estimate of drug-likeness (QED) is 0.652. The molecule has 1 N–H and O–H groups in total. The van der Waals surface area contributed by atoms with Gasteiger partial charge in [0.1, 0.15) is 10.8 Å². The molecule has 3 rings (SSSR count). The van der Waals surface area contributed by atoms with Gasteiger partial charge in [0.15, 0.2) is 0 Å². The Morgan fingerprint density at radius 3 is 2.61 bits per heavy atom. The Labute approximate surface area is 170 Å². The van der Waals surface area contributed by atoms with Gasteiger partial charge < -0.3 is 10.2 Å². The molecular weight excluding hydrogens is 401 g/mol. The maximum atomic E-state index is 12.9. The minimum atomic E-state index is -0.385. The van der Waals surface area contributed by atoms with Crippen LogP contribution < -0.4 is 5.32 Å². The van der Waals surface area contributed by atoms with E-state index in [-0.39, 0.29) is 30.6 Å². The van der Waals surface area contributed by atoms with Crippen LogP contribution >= 0.6 is 22.9 Å². The molecule has 1 heterocycles. The van der Waals surface area contributed by atoms with E-state index >= 15 is 0 Å².